The monoisotopic (exact) mass is 384 g/mol. The summed E-state index contributed by atoms with van der Waals surface area (Å²) in [5.74, 6) is 0. The van der Waals surface area contributed by atoms with Crippen LogP contribution in [0.5, 0.6) is 0 Å². The van der Waals surface area contributed by atoms with E-state index >= 15 is 0 Å². The quantitative estimate of drug-likeness (QED) is 0.828. The highest BCUT2D eigenvalue weighted by Crippen LogP contribution is 2.20. The molecule has 0 atom stereocenters. The molecule has 0 radical (unpaired) electrons. The number of nitrogens with zero attached hydrogens (tertiary/aromatic N) is 1. The largest absolute Gasteiger partial charge is 0.280 e. The first-order valence-corrected chi connectivity index (χ1v) is 7.86. The zero-order chi connectivity index (χ0) is 13.9. The van der Waals surface area contributed by atoms with E-state index < -0.39 is 10.0 Å². The van der Waals surface area contributed by atoms with E-state index in [1.807, 2.05) is 12.1 Å². The van der Waals surface area contributed by atoms with E-state index in [1.165, 1.54) is 12.1 Å². The first-order chi connectivity index (χ1) is 9.03. The summed E-state index contributed by atoms with van der Waals surface area (Å²) in [6.07, 6.45) is 0. The number of hydrogen-bond acceptors (Lipinski definition) is 3. The van der Waals surface area contributed by atoms with Gasteiger partial charge in [-0.25, -0.2) is 8.42 Å². The molecule has 0 saturated carbocycles. The molecule has 0 aliphatic heterocycles. The summed E-state index contributed by atoms with van der Waals surface area (Å²) in [7, 11) is -3.75. The Labute approximate surface area is 125 Å². The van der Waals surface area contributed by atoms with Crippen molar-refractivity contribution in [2.24, 2.45) is 0 Å². The number of sulfonamides is 1. The minimum absolute atomic E-state index is 0.0173. The highest BCUT2D eigenvalue weighted by molar-refractivity contribution is 14.1. The molecule has 2 rings (SSSR count). The maximum atomic E-state index is 12.2. The Kier molecular flexibility index (Phi) is 4.07. The molecule has 0 aromatic heterocycles. The summed E-state index contributed by atoms with van der Waals surface area (Å²) in [6.45, 7) is 0. The van der Waals surface area contributed by atoms with E-state index in [2.05, 4.69) is 27.3 Å². The molecule has 0 amide bonds. The van der Waals surface area contributed by atoms with E-state index in [-0.39, 0.29) is 10.5 Å². The lowest BCUT2D eigenvalue weighted by molar-refractivity contribution is 0.601. The molecular formula is C13H9IN2O2S. The lowest BCUT2D eigenvalue weighted by Crippen LogP contribution is -2.14. The zero-order valence-electron chi connectivity index (χ0n) is 9.67. The van der Waals surface area contributed by atoms with Crippen LogP contribution >= 0.6 is 22.6 Å². The smallest absolute Gasteiger partial charge is 0.263 e. The van der Waals surface area contributed by atoms with Gasteiger partial charge in [-0.3, -0.25) is 4.72 Å². The molecule has 0 aliphatic carbocycles. The second-order valence-corrected chi connectivity index (χ2v) is 6.62. The van der Waals surface area contributed by atoms with Crippen LogP contribution in [0.3, 0.4) is 0 Å². The molecule has 19 heavy (non-hydrogen) atoms. The third-order valence-corrected chi connectivity index (χ3v) is 4.48. The minimum atomic E-state index is -3.75. The Hall–Kier alpha value is -1.59. The first-order valence-electron chi connectivity index (χ1n) is 5.30. The fourth-order valence-electron chi connectivity index (χ4n) is 1.56. The molecule has 1 N–H and O–H groups in total. The third-order valence-electron chi connectivity index (χ3n) is 2.37. The molecule has 2 aromatic carbocycles. The molecule has 0 heterocycles. The second kappa shape index (κ2) is 5.59. The van der Waals surface area contributed by atoms with E-state index in [1.54, 1.807) is 30.3 Å². The van der Waals surface area contributed by atoms with Crippen LogP contribution in [0.1, 0.15) is 5.56 Å². The zero-order valence-corrected chi connectivity index (χ0v) is 12.6. The van der Waals surface area contributed by atoms with Gasteiger partial charge >= 0.3 is 0 Å². The average molecular weight is 384 g/mol. The summed E-state index contributed by atoms with van der Waals surface area (Å²) in [5, 5.41) is 8.95. The van der Waals surface area contributed by atoms with Crippen LogP contribution in [0, 0.1) is 14.9 Å². The minimum Gasteiger partial charge on any atom is -0.280 e. The van der Waals surface area contributed by atoms with Crippen LogP contribution in [-0.4, -0.2) is 8.42 Å². The molecule has 2 aromatic rings. The van der Waals surface area contributed by atoms with E-state index in [0.29, 0.717) is 5.69 Å². The molecule has 0 spiro atoms. The van der Waals surface area contributed by atoms with Gasteiger partial charge in [0.25, 0.3) is 10.0 Å². The first kappa shape index (κ1) is 13.8. The predicted molar refractivity (Wildman–Crippen MR) is 81.1 cm³/mol. The maximum Gasteiger partial charge on any atom is 0.263 e. The van der Waals surface area contributed by atoms with Crippen LogP contribution in [0.2, 0.25) is 0 Å². The van der Waals surface area contributed by atoms with Gasteiger partial charge in [-0.2, -0.15) is 5.26 Å². The van der Waals surface area contributed by atoms with Crippen molar-refractivity contribution >= 4 is 38.3 Å². The Morgan fingerprint density at radius 1 is 1.11 bits per heavy atom. The Balaban J connectivity index is 2.41. The van der Waals surface area contributed by atoms with E-state index in [9.17, 15) is 8.42 Å². The van der Waals surface area contributed by atoms with Crippen molar-refractivity contribution < 1.29 is 8.42 Å². The summed E-state index contributed by atoms with van der Waals surface area (Å²) in [5.41, 5.74) is 0.597. The summed E-state index contributed by atoms with van der Waals surface area (Å²) in [4.78, 5) is -0.0173. The van der Waals surface area contributed by atoms with Crippen LogP contribution in [-0.2, 0) is 10.0 Å². The van der Waals surface area contributed by atoms with E-state index in [4.69, 9.17) is 5.26 Å². The molecule has 0 unspecified atom stereocenters. The second-order valence-electron chi connectivity index (χ2n) is 3.72. The Morgan fingerprint density at radius 3 is 2.53 bits per heavy atom. The number of hydrogen-bond donors (Lipinski definition) is 1. The van der Waals surface area contributed by atoms with Gasteiger partial charge in [0, 0.05) is 9.26 Å². The van der Waals surface area contributed by atoms with Crippen molar-refractivity contribution in [1.29, 1.82) is 5.26 Å². The fourth-order valence-corrected chi connectivity index (χ4v) is 3.31. The van der Waals surface area contributed by atoms with Gasteiger partial charge in [-0.15, -0.1) is 0 Å². The highest BCUT2D eigenvalue weighted by atomic mass is 127. The number of halogens is 1. The normalized spacial score (nSPS) is 10.7. The molecule has 0 bridgehead atoms. The Bertz CT molecular complexity index is 751. The van der Waals surface area contributed by atoms with Crippen molar-refractivity contribution in [2.45, 2.75) is 4.90 Å². The number of benzene rings is 2. The molecule has 6 heteroatoms. The van der Waals surface area contributed by atoms with Crippen LogP contribution in [0.4, 0.5) is 5.69 Å². The Morgan fingerprint density at radius 2 is 1.84 bits per heavy atom. The standard InChI is InChI=1S/C13H9IN2O2S/c14-11-5-3-6-12(8-11)16-19(17,18)13-7-2-1-4-10(13)9-15/h1-8,16H. The molecule has 0 aliphatic rings. The fraction of sp³-hybridized carbons (Fsp3) is 0. The van der Waals surface area contributed by atoms with Crippen molar-refractivity contribution in [3.63, 3.8) is 0 Å². The van der Waals surface area contributed by atoms with Crippen molar-refractivity contribution in [2.75, 3.05) is 4.72 Å². The number of nitrogens with one attached hydrogen (secondary N) is 1. The van der Waals surface area contributed by atoms with Crippen molar-refractivity contribution in [3.05, 3.63) is 57.7 Å². The van der Waals surface area contributed by atoms with Gasteiger partial charge in [-0.05, 0) is 52.9 Å². The number of anilines is 1. The molecular weight excluding hydrogens is 375 g/mol. The number of nitriles is 1. The predicted octanol–water partition coefficient (Wildman–Crippen LogP) is 2.96. The van der Waals surface area contributed by atoms with Crippen LogP contribution < -0.4 is 4.72 Å². The van der Waals surface area contributed by atoms with Crippen LogP contribution in [0.15, 0.2) is 53.4 Å². The van der Waals surface area contributed by atoms with Crippen molar-refractivity contribution in [1.82, 2.24) is 0 Å². The van der Waals surface area contributed by atoms with Gasteiger partial charge in [0.1, 0.15) is 11.0 Å². The van der Waals surface area contributed by atoms with E-state index in [0.717, 1.165) is 3.57 Å². The summed E-state index contributed by atoms with van der Waals surface area (Å²) in [6, 6.07) is 15.0. The SMILES string of the molecule is N#Cc1ccccc1S(=O)(=O)Nc1cccc(I)c1. The average Bonchev–Trinajstić information content (AvgIpc) is 2.38. The van der Waals surface area contributed by atoms with Crippen molar-refractivity contribution in [3.8, 4) is 6.07 Å². The third kappa shape index (κ3) is 3.24. The molecule has 0 saturated heterocycles. The summed E-state index contributed by atoms with van der Waals surface area (Å²) >= 11 is 2.10. The molecule has 96 valence electrons. The van der Waals surface area contributed by atoms with Gasteiger partial charge in [0.15, 0.2) is 0 Å². The van der Waals surface area contributed by atoms with Gasteiger partial charge in [0.05, 0.1) is 5.56 Å². The van der Waals surface area contributed by atoms with Crippen LogP contribution in [0.25, 0.3) is 0 Å². The van der Waals surface area contributed by atoms with Gasteiger partial charge < -0.3 is 0 Å². The highest BCUT2D eigenvalue weighted by Gasteiger charge is 2.18. The molecule has 4 nitrogen and oxygen atoms in total. The summed E-state index contributed by atoms with van der Waals surface area (Å²) < 4.78 is 27.8. The maximum absolute atomic E-state index is 12.2. The lowest BCUT2D eigenvalue weighted by Gasteiger charge is -2.09. The van der Waals surface area contributed by atoms with Gasteiger partial charge in [-0.1, -0.05) is 18.2 Å². The molecule has 0 fully saturated rings. The number of rotatable bonds is 3. The topological polar surface area (TPSA) is 70.0 Å². The lowest BCUT2D eigenvalue weighted by atomic mass is 10.2. The van der Waals surface area contributed by atoms with Gasteiger partial charge in [0.2, 0.25) is 0 Å².